The lowest BCUT2D eigenvalue weighted by Crippen LogP contribution is -2.15. The molecule has 2 rings (SSSR count). The molecule has 0 saturated carbocycles. The molecular formula is C12H11ClN4O3. The first-order valence-electron chi connectivity index (χ1n) is 5.67. The van der Waals surface area contributed by atoms with Crippen LogP contribution in [0.25, 0.3) is 0 Å². The van der Waals surface area contributed by atoms with Gasteiger partial charge in [-0.1, -0.05) is 17.7 Å². The van der Waals surface area contributed by atoms with E-state index in [1.54, 1.807) is 13.8 Å². The Morgan fingerprint density at radius 2 is 2.15 bits per heavy atom. The molecule has 0 fully saturated rings. The van der Waals surface area contributed by atoms with E-state index < -0.39 is 16.5 Å². The highest BCUT2D eigenvalue weighted by molar-refractivity contribution is 6.33. The van der Waals surface area contributed by atoms with Crippen molar-refractivity contribution in [1.82, 2.24) is 10.2 Å². The van der Waals surface area contributed by atoms with Crippen molar-refractivity contribution < 1.29 is 9.72 Å². The Morgan fingerprint density at radius 3 is 2.70 bits per heavy atom. The van der Waals surface area contributed by atoms with Crippen LogP contribution < -0.4 is 5.32 Å². The fourth-order valence-electron chi connectivity index (χ4n) is 1.67. The molecule has 0 radical (unpaired) electrons. The summed E-state index contributed by atoms with van der Waals surface area (Å²) in [5, 5.41) is 20.1. The van der Waals surface area contributed by atoms with Crippen LogP contribution in [0, 0.1) is 24.0 Å². The first-order valence-corrected chi connectivity index (χ1v) is 6.05. The summed E-state index contributed by atoms with van der Waals surface area (Å²) < 4.78 is 0. The van der Waals surface area contributed by atoms with Gasteiger partial charge in [0.1, 0.15) is 10.6 Å². The van der Waals surface area contributed by atoms with E-state index in [4.69, 9.17) is 11.6 Å². The van der Waals surface area contributed by atoms with Crippen LogP contribution in [0.2, 0.25) is 5.02 Å². The highest BCUT2D eigenvalue weighted by Crippen LogP contribution is 2.29. The maximum Gasteiger partial charge on any atom is 0.300 e. The van der Waals surface area contributed by atoms with E-state index in [1.807, 2.05) is 0 Å². The first-order chi connectivity index (χ1) is 9.41. The van der Waals surface area contributed by atoms with Gasteiger partial charge in [0.2, 0.25) is 0 Å². The summed E-state index contributed by atoms with van der Waals surface area (Å²) in [6.07, 6.45) is 0. The van der Waals surface area contributed by atoms with Crippen LogP contribution in [0.3, 0.4) is 0 Å². The number of carbonyl (C=O) groups is 1. The van der Waals surface area contributed by atoms with Gasteiger partial charge in [0.05, 0.1) is 4.92 Å². The predicted molar refractivity (Wildman–Crippen MR) is 74.1 cm³/mol. The molecule has 0 aliphatic heterocycles. The summed E-state index contributed by atoms with van der Waals surface area (Å²) in [6, 6.07) is 4.18. The summed E-state index contributed by atoms with van der Waals surface area (Å²) in [6.45, 7) is 3.58. The quantitative estimate of drug-likeness (QED) is 0.671. The SMILES string of the molecule is Cc1[nH]nc(NC(=O)c2cccc(Cl)c2[N+](=O)[O-])c1C. The van der Waals surface area contributed by atoms with Gasteiger partial charge in [-0.05, 0) is 26.0 Å². The molecule has 7 nitrogen and oxygen atoms in total. The molecule has 0 atom stereocenters. The zero-order valence-corrected chi connectivity index (χ0v) is 11.5. The molecule has 0 aliphatic carbocycles. The summed E-state index contributed by atoms with van der Waals surface area (Å²) >= 11 is 5.76. The third kappa shape index (κ3) is 2.48. The van der Waals surface area contributed by atoms with Crippen molar-refractivity contribution in [3.63, 3.8) is 0 Å². The molecular weight excluding hydrogens is 284 g/mol. The largest absolute Gasteiger partial charge is 0.305 e. The molecule has 0 saturated heterocycles. The number of aryl methyl sites for hydroxylation is 1. The molecule has 0 aliphatic rings. The second kappa shape index (κ2) is 5.30. The molecule has 1 aromatic heterocycles. The van der Waals surface area contributed by atoms with Gasteiger partial charge in [-0.15, -0.1) is 0 Å². The fraction of sp³-hybridized carbons (Fsp3) is 0.167. The van der Waals surface area contributed by atoms with Crippen molar-refractivity contribution >= 4 is 29.0 Å². The van der Waals surface area contributed by atoms with Crippen LogP contribution in [0.15, 0.2) is 18.2 Å². The molecule has 1 heterocycles. The van der Waals surface area contributed by atoms with Crippen LogP contribution in [0.4, 0.5) is 11.5 Å². The number of para-hydroxylation sites is 1. The average molecular weight is 295 g/mol. The van der Waals surface area contributed by atoms with Crippen molar-refractivity contribution in [2.45, 2.75) is 13.8 Å². The lowest BCUT2D eigenvalue weighted by molar-refractivity contribution is -0.385. The first kappa shape index (κ1) is 14.0. The number of nitro benzene ring substituents is 1. The number of carbonyl (C=O) groups excluding carboxylic acids is 1. The number of rotatable bonds is 3. The third-order valence-corrected chi connectivity index (χ3v) is 3.20. The number of hydrogen-bond donors (Lipinski definition) is 2. The van der Waals surface area contributed by atoms with Gasteiger partial charge >= 0.3 is 5.69 Å². The van der Waals surface area contributed by atoms with Crippen LogP contribution in [0.5, 0.6) is 0 Å². The summed E-state index contributed by atoms with van der Waals surface area (Å²) in [5.41, 5.74) is 1.04. The number of halogens is 1. The minimum Gasteiger partial charge on any atom is -0.305 e. The molecule has 0 bridgehead atoms. The van der Waals surface area contributed by atoms with Gasteiger partial charge in [0.15, 0.2) is 5.82 Å². The Hall–Kier alpha value is -2.41. The number of nitrogens with zero attached hydrogens (tertiary/aromatic N) is 2. The van der Waals surface area contributed by atoms with E-state index in [-0.39, 0.29) is 10.6 Å². The normalized spacial score (nSPS) is 10.3. The highest BCUT2D eigenvalue weighted by atomic mass is 35.5. The summed E-state index contributed by atoms with van der Waals surface area (Å²) in [5.74, 6) is -0.296. The second-order valence-corrected chi connectivity index (χ2v) is 4.58. The molecule has 20 heavy (non-hydrogen) atoms. The molecule has 2 aromatic rings. The van der Waals surface area contributed by atoms with E-state index in [0.717, 1.165) is 11.3 Å². The number of aromatic amines is 1. The molecule has 104 valence electrons. The zero-order chi connectivity index (χ0) is 14.9. The zero-order valence-electron chi connectivity index (χ0n) is 10.7. The number of nitro groups is 1. The van der Waals surface area contributed by atoms with Crippen LogP contribution in [-0.4, -0.2) is 21.0 Å². The lowest BCUT2D eigenvalue weighted by Gasteiger charge is -2.05. The van der Waals surface area contributed by atoms with E-state index in [9.17, 15) is 14.9 Å². The van der Waals surface area contributed by atoms with Crippen molar-refractivity contribution in [3.05, 3.63) is 50.2 Å². The maximum absolute atomic E-state index is 12.1. The number of anilines is 1. The van der Waals surface area contributed by atoms with Crippen molar-refractivity contribution in [1.29, 1.82) is 0 Å². The number of aromatic nitrogens is 2. The Kier molecular flexibility index (Phi) is 3.71. The van der Waals surface area contributed by atoms with Crippen molar-refractivity contribution in [2.24, 2.45) is 0 Å². The van der Waals surface area contributed by atoms with Crippen LogP contribution in [0.1, 0.15) is 21.6 Å². The smallest absolute Gasteiger partial charge is 0.300 e. The molecule has 1 amide bonds. The summed E-state index contributed by atoms with van der Waals surface area (Å²) in [4.78, 5) is 22.4. The number of benzene rings is 1. The maximum atomic E-state index is 12.1. The Bertz CT molecular complexity index is 696. The van der Waals surface area contributed by atoms with Gasteiger partial charge in [-0.25, -0.2) is 0 Å². The van der Waals surface area contributed by atoms with E-state index >= 15 is 0 Å². The molecule has 2 N–H and O–H groups in total. The number of nitrogens with one attached hydrogen (secondary N) is 2. The Morgan fingerprint density at radius 1 is 1.45 bits per heavy atom. The van der Waals surface area contributed by atoms with Gasteiger partial charge in [0.25, 0.3) is 5.91 Å². The fourth-order valence-corrected chi connectivity index (χ4v) is 1.91. The Labute approximate surface area is 119 Å². The molecule has 8 heteroatoms. The van der Waals surface area contributed by atoms with Crippen LogP contribution >= 0.6 is 11.6 Å². The molecule has 0 unspecified atom stereocenters. The van der Waals surface area contributed by atoms with Crippen LogP contribution in [-0.2, 0) is 0 Å². The van der Waals surface area contributed by atoms with Crippen molar-refractivity contribution in [3.8, 4) is 0 Å². The topological polar surface area (TPSA) is 101 Å². The number of H-pyrrole nitrogens is 1. The molecule has 1 aromatic carbocycles. The molecule has 0 spiro atoms. The van der Waals surface area contributed by atoms with Gasteiger partial charge < -0.3 is 5.32 Å². The number of hydrogen-bond acceptors (Lipinski definition) is 4. The average Bonchev–Trinajstić information content (AvgIpc) is 2.70. The standard InChI is InChI=1S/C12H11ClN4O3/c1-6-7(2)15-16-11(6)14-12(18)8-4-3-5-9(13)10(8)17(19)20/h3-5H,1-2H3,(H2,14,15,16,18). The Balaban J connectivity index is 2.37. The summed E-state index contributed by atoms with van der Waals surface area (Å²) in [7, 11) is 0. The third-order valence-electron chi connectivity index (χ3n) is 2.90. The van der Waals surface area contributed by atoms with Gasteiger partial charge in [-0.2, -0.15) is 5.10 Å². The minimum atomic E-state index is -0.681. The minimum absolute atomic E-state index is 0.0856. The van der Waals surface area contributed by atoms with Crippen molar-refractivity contribution in [2.75, 3.05) is 5.32 Å². The highest BCUT2D eigenvalue weighted by Gasteiger charge is 2.24. The van der Waals surface area contributed by atoms with E-state index in [2.05, 4.69) is 15.5 Å². The van der Waals surface area contributed by atoms with Gasteiger partial charge in [0, 0.05) is 11.3 Å². The van der Waals surface area contributed by atoms with E-state index in [0.29, 0.717) is 5.82 Å². The van der Waals surface area contributed by atoms with E-state index in [1.165, 1.54) is 18.2 Å². The van der Waals surface area contributed by atoms with Gasteiger partial charge in [-0.3, -0.25) is 20.0 Å². The predicted octanol–water partition coefficient (Wildman–Crippen LogP) is 2.84. The monoisotopic (exact) mass is 294 g/mol. The second-order valence-electron chi connectivity index (χ2n) is 4.17. The lowest BCUT2D eigenvalue weighted by atomic mass is 10.1. The number of amides is 1.